The largest absolute Gasteiger partial charge is 0.454 e. The molecule has 0 saturated heterocycles. The van der Waals surface area contributed by atoms with Crippen molar-refractivity contribution >= 4 is 11.9 Å². The third-order valence-electron chi connectivity index (χ3n) is 4.47. The Morgan fingerprint density at radius 2 is 2.00 bits per heavy atom. The summed E-state index contributed by atoms with van der Waals surface area (Å²) in [6, 6.07) is 14.8. The van der Waals surface area contributed by atoms with Crippen LogP contribution in [0.5, 0.6) is 0 Å². The van der Waals surface area contributed by atoms with Crippen molar-refractivity contribution < 1.29 is 19.1 Å². The molecule has 0 spiro atoms. The van der Waals surface area contributed by atoms with Crippen LogP contribution < -0.4 is 5.32 Å². The zero-order valence-corrected chi connectivity index (χ0v) is 15.7. The van der Waals surface area contributed by atoms with E-state index in [9.17, 15) is 9.59 Å². The first kappa shape index (κ1) is 19.1. The molecule has 142 valence electrons. The van der Waals surface area contributed by atoms with Crippen LogP contribution in [0.25, 0.3) is 0 Å². The Kier molecular flexibility index (Phi) is 6.24. The van der Waals surface area contributed by atoms with E-state index in [0.29, 0.717) is 30.7 Å². The van der Waals surface area contributed by atoms with Gasteiger partial charge in [-0.05, 0) is 49.6 Å². The number of amides is 1. The first-order valence-electron chi connectivity index (χ1n) is 9.33. The molecule has 0 radical (unpaired) electrons. The van der Waals surface area contributed by atoms with E-state index in [-0.39, 0.29) is 24.1 Å². The number of benzene rings is 2. The Balaban J connectivity index is 1.65. The fourth-order valence-corrected chi connectivity index (χ4v) is 3.09. The minimum Gasteiger partial charge on any atom is -0.454 e. The van der Waals surface area contributed by atoms with E-state index in [1.807, 2.05) is 44.2 Å². The van der Waals surface area contributed by atoms with Crippen molar-refractivity contribution in [3.63, 3.8) is 0 Å². The minimum atomic E-state index is -0.345. The number of nitrogens with one attached hydrogen (secondary N) is 1. The summed E-state index contributed by atoms with van der Waals surface area (Å²) in [6.45, 7) is 5.14. The van der Waals surface area contributed by atoms with E-state index in [2.05, 4.69) is 5.32 Å². The average Bonchev–Trinajstić information content (AvgIpc) is 2.67. The van der Waals surface area contributed by atoms with E-state index >= 15 is 0 Å². The quantitative estimate of drug-likeness (QED) is 0.599. The summed E-state index contributed by atoms with van der Waals surface area (Å²) in [6.07, 6.45) is 1.20. The lowest BCUT2D eigenvalue weighted by Crippen LogP contribution is -2.27. The van der Waals surface area contributed by atoms with E-state index in [1.165, 1.54) is 0 Å². The normalized spacial score (nSPS) is 16.0. The number of hydrogen-bond donors (Lipinski definition) is 1. The lowest BCUT2D eigenvalue weighted by atomic mass is 9.93. The van der Waals surface area contributed by atoms with Crippen molar-refractivity contribution in [2.75, 3.05) is 13.2 Å². The second-order valence-corrected chi connectivity index (χ2v) is 6.91. The van der Waals surface area contributed by atoms with Gasteiger partial charge in [0, 0.05) is 25.1 Å². The van der Waals surface area contributed by atoms with E-state index in [4.69, 9.17) is 9.47 Å². The van der Waals surface area contributed by atoms with Crippen LogP contribution in [0.1, 0.15) is 58.2 Å². The summed E-state index contributed by atoms with van der Waals surface area (Å²) < 4.78 is 11.0. The zero-order valence-electron chi connectivity index (χ0n) is 15.7. The molecule has 0 fully saturated rings. The van der Waals surface area contributed by atoms with Gasteiger partial charge in [0.25, 0.3) is 5.91 Å². The number of fused-ring (bicyclic) bond motifs is 1. The first-order valence-corrected chi connectivity index (χ1v) is 9.33. The molecule has 0 bridgehead atoms. The highest BCUT2D eigenvalue weighted by atomic mass is 16.5. The fourth-order valence-electron chi connectivity index (χ4n) is 3.09. The number of ether oxygens (including phenoxy) is 2. The average molecular weight is 367 g/mol. The molecule has 5 heteroatoms. The van der Waals surface area contributed by atoms with Gasteiger partial charge in [0.2, 0.25) is 0 Å². The number of rotatable bonds is 7. The Bertz CT molecular complexity index is 801. The molecule has 1 N–H and O–H groups in total. The van der Waals surface area contributed by atoms with Crippen LogP contribution >= 0.6 is 0 Å². The van der Waals surface area contributed by atoms with Gasteiger partial charge in [0.1, 0.15) is 6.10 Å². The van der Waals surface area contributed by atoms with Crippen molar-refractivity contribution in [2.45, 2.75) is 38.9 Å². The second-order valence-electron chi connectivity index (χ2n) is 6.91. The molecule has 0 saturated carbocycles. The second kappa shape index (κ2) is 8.82. The molecule has 5 nitrogen and oxygen atoms in total. The van der Waals surface area contributed by atoms with Crippen LogP contribution in [0.4, 0.5) is 0 Å². The van der Waals surface area contributed by atoms with Crippen molar-refractivity contribution in [2.24, 2.45) is 0 Å². The maximum Gasteiger partial charge on any atom is 0.339 e. The highest BCUT2D eigenvalue weighted by Gasteiger charge is 2.28. The lowest BCUT2D eigenvalue weighted by Gasteiger charge is -2.25. The molecule has 27 heavy (non-hydrogen) atoms. The summed E-state index contributed by atoms with van der Waals surface area (Å²) in [5.41, 5.74) is 2.89. The van der Waals surface area contributed by atoms with Gasteiger partial charge in [0.05, 0.1) is 11.7 Å². The molecule has 3 rings (SSSR count). The first-order chi connectivity index (χ1) is 13.0. The van der Waals surface area contributed by atoms with Gasteiger partial charge < -0.3 is 14.8 Å². The third-order valence-corrected chi connectivity index (χ3v) is 4.47. The number of hydrogen-bond acceptors (Lipinski definition) is 4. The minimum absolute atomic E-state index is 0.141. The smallest absolute Gasteiger partial charge is 0.339 e. The van der Waals surface area contributed by atoms with Crippen LogP contribution in [0.2, 0.25) is 0 Å². The predicted molar refractivity (Wildman–Crippen MR) is 103 cm³/mol. The molecule has 0 aromatic heterocycles. The molecular formula is C22H25NO4. The lowest BCUT2D eigenvalue weighted by molar-refractivity contribution is 0.0252. The van der Waals surface area contributed by atoms with Crippen LogP contribution in [-0.4, -0.2) is 31.1 Å². The molecule has 1 heterocycles. The van der Waals surface area contributed by atoms with Crippen molar-refractivity contribution in [1.82, 2.24) is 5.32 Å². The van der Waals surface area contributed by atoms with Crippen LogP contribution in [-0.2, 0) is 15.9 Å². The summed E-state index contributed by atoms with van der Waals surface area (Å²) in [5.74, 6) is -0.486. The fraction of sp³-hybridized carbons (Fsp3) is 0.364. The zero-order chi connectivity index (χ0) is 19.2. The summed E-state index contributed by atoms with van der Waals surface area (Å²) >= 11 is 0. The Morgan fingerprint density at radius 3 is 2.74 bits per heavy atom. The van der Waals surface area contributed by atoms with Crippen molar-refractivity contribution in [3.8, 4) is 0 Å². The maximum atomic E-state index is 12.4. The van der Waals surface area contributed by atoms with Crippen molar-refractivity contribution in [3.05, 3.63) is 70.8 Å². The van der Waals surface area contributed by atoms with Gasteiger partial charge in [0.15, 0.2) is 0 Å². The Hall–Kier alpha value is -2.66. The molecule has 1 aliphatic rings. The highest BCUT2D eigenvalue weighted by molar-refractivity contribution is 5.97. The number of carbonyl (C=O) groups is 2. The van der Waals surface area contributed by atoms with Crippen molar-refractivity contribution in [1.29, 1.82) is 0 Å². The monoisotopic (exact) mass is 367 g/mol. The van der Waals surface area contributed by atoms with Crippen LogP contribution in [0, 0.1) is 0 Å². The van der Waals surface area contributed by atoms with E-state index < -0.39 is 0 Å². The summed E-state index contributed by atoms with van der Waals surface area (Å²) in [4.78, 5) is 24.7. The maximum absolute atomic E-state index is 12.4. The Morgan fingerprint density at radius 1 is 1.22 bits per heavy atom. The highest BCUT2D eigenvalue weighted by Crippen LogP contribution is 2.31. The standard InChI is InChI=1S/C22H25NO4/c1-15(2)26-12-6-11-23-21(24)17-9-10-19-18(13-17)14-20(27-22(19)25)16-7-4-3-5-8-16/h3-5,7-10,13,15,20H,6,11-12,14H2,1-2H3,(H,23,24)/t20-/m1/s1. The molecule has 2 aromatic carbocycles. The van der Waals surface area contributed by atoms with E-state index in [1.54, 1.807) is 18.2 Å². The SMILES string of the molecule is CC(C)OCCCNC(=O)c1ccc2c(c1)C[C@H](c1ccccc1)OC2=O. The van der Waals surface area contributed by atoms with Crippen LogP contribution in [0.15, 0.2) is 48.5 Å². The van der Waals surface area contributed by atoms with Gasteiger partial charge in [-0.3, -0.25) is 4.79 Å². The van der Waals surface area contributed by atoms with Gasteiger partial charge >= 0.3 is 5.97 Å². The number of carbonyl (C=O) groups excluding carboxylic acids is 2. The molecule has 1 aliphatic heterocycles. The number of esters is 1. The molecule has 0 aliphatic carbocycles. The van der Waals surface area contributed by atoms with Gasteiger partial charge in [-0.2, -0.15) is 0 Å². The molecule has 2 aromatic rings. The number of cyclic esters (lactones) is 1. The molecule has 1 amide bonds. The molecule has 1 atom stereocenters. The molecular weight excluding hydrogens is 342 g/mol. The summed E-state index contributed by atoms with van der Waals surface area (Å²) in [5, 5.41) is 2.90. The third kappa shape index (κ3) is 4.95. The van der Waals surface area contributed by atoms with Gasteiger partial charge in [-0.15, -0.1) is 0 Å². The Labute approximate surface area is 159 Å². The van der Waals surface area contributed by atoms with E-state index in [0.717, 1.165) is 17.5 Å². The van der Waals surface area contributed by atoms with Crippen LogP contribution in [0.3, 0.4) is 0 Å². The topological polar surface area (TPSA) is 64.6 Å². The molecule has 0 unspecified atom stereocenters. The summed E-state index contributed by atoms with van der Waals surface area (Å²) in [7, 11) is 0. The predicted octanol–water partition coefficient (Wildman–Crippen LogP) is 3.69. The van der Waals surface area contributed by atoms with Gasteiger partial charge in [-0.1, -0.05) is 30.3 Å². The van der Waals surface area contributed by atoms with Gasteiger partial charge in [-0.25, -0.2) is 4.79 Å².